The number of amides is 1. The number of carbonyl (C=O) groups is 1. The van der Waals surface area contributed by atoms with E-state index >= 15 is 0 Å². The van der Waals surface area contributed by atoms with Gasteiger partial charge in [0.05, 0.1) is 6.10 Å². The molecule has 0 aromatic rings. The van der Waals surface area contributed by atoms with Gasteiger partial charge < -0.3 is 15.4 Å². The molecule has 1 amide bonds. The molecule has 2 atom stereocenters. The lowest BCUT2D eigenvalue weighted by atomic mass is 9.97. The molecule has 0 bridgehead atoms. The minimum absolute atomic E-state index is 0.0368. The van der Waals surface area contributed by atoms with E-state index in [1.54, 1.807) is 0 Å². The van der Waals surface area contributed by atoms with Gasteiger partial charge in [-0.2, -0.15) is 0 Å². The summed E-state index contributed by atoms with van der Waals surface area (Å²) in [5, 5.41) is 6.17. The van der Waals surface area contributed by atoms with E-state index in [4.69, 9.17) is 4.74 Å². The lowest BCUT2D eigenvalue weighted by Gasteiger charge is -2.29. The Morgan fingerprint density at radius 3 is 2.75 bits per heavy atom. The number of hydrogen-bond donors (Lipinski definition) is 2. The minimum atomic E-state index is -0.184. The molecule has 1 saturated heterocycles. The van der Waals surface area contributed by atoms with E-state index < -0.39 is 0 Å². The molecule has 2 N–H and O–H groups in total. The van der Waals surface area contributed by atoms with Crippen molar-refractivity contribution in [2.45, 2.75) is 45.8 Å². The van der Waals surface area contributed by atoms with Crippen molar-refractivity contribution in [3.8, 4) is 0 Å². The van der Waals surface area contributed by atoms with Gasteiger partial charge in [0, 0.05) is 12.1 Å². The maximum Gasteiger partial charge on any atom is 0.246 e. The molecule has 1 rings (SSSR count). The van der Waals surface area contributed by atoms with Crippen molar-refractivity contribution in [2.75, 3.05) is 19.7 Å². The summed E-state index contributed by atoms with van der Waals surface area (Å²) in [6.45, 7) is 10.1. The van der Waals surface area contributed by atoms with E-state index in [1.165, 1.54) is 0 Å². The third-order valence-corrected chi connectivity index (χ3v) is 2.70. The Kier molecular flexibility index (Phi) is 4.74. The lowest BCUT2D eigenvalue weighted by molar-refractivity contribution is -0.130. The Hall–Kier alpha value is -0.610. The second kappa shape index (κ2) is 5.64. The molecular formula is C12H24N2O2. The molecule has 16 heavy (non-hydrogen) atoms. The monoisotopic (exact) mass is 228 g/mol. The smallest absolute Gasteiger partial charge is 0.246 e. The molecule has 1 fully saturated rings. The van der Waals surface area contributed by atoms with Crippen LogP contribution in [0.25, 0.3) is 0 Å². The van der Waals surface area contributed by atoms with Gasteiger partial charge in [-0.1, -0.05) is 6.92 Å². The van der Waals surface area contributed by atoms with Gasteiger partial charge in [-0.3, -0.25) is 4.79 Å². The summed E-state index contributed by atoms with van der Waals surface area (Å²) < 4.78 is 5.63. The van der Waals surface area contributed by atoms with Gasteiger partial charge in [0.15, 0.2) is 0 Å². The zero-order chi connectivity index (χ0) is 12.2. The predicted octanol–water partition coefficient (Wildman–Crippen LogP) is 0.916. The molecule has 0 aliphatic carbocycles. The summed E-state index contributed by atoms with van der Waals surface area (Å²) in [5.74, 6) is 0.494. The lowest BCUT2D eigenvalue weighted by Crippen LogP contribution is -2.46. The van der Waals surface area contributed by atoms with Crippen molar-refractivity contribution in [2.24, 2.45) is 5.92 Å². The highest BCUT2D eigenvalue weighted by molar-refractivity contribution is 5.77. The Morgan fingerprint density at radius 1 is 1.50 bits per heavy atom. The summed E-state index contributed by atoms with van der Waals surface area (Å²) in [4.78, 5) is 11.6. The van der Waals surface area contributed by atoms with Crippen LogP contribution in [-0.2, 0) is 9.53 Å². The number of nitrogens with one attached hydrogen (secondary N) is 2. The topological polar surface area (TPSA) is 50.4 Å². The highest BCUT2D eigenvalue weighted by Crippen LogP contribution is 2.14. The molecule has 0 spiro atoms. The van der Waals surface area contributed by atoms with Gasteiger partial charge in [-0.05, 0) is 39.7 Å². The van der Waals surface area contributed by atoms with E-state index in [9.17, 15) is 4.79 Å². The van der Waals surface area contributed by atoms with Crippen LogP contribution in [0.2, 0.25) is 0 Å². The third-order valence-electron chi connectivity index (χ3n) is 2.70. The average molecular weight is 228 g/mol. The molecule has 1 heterocycles. The van der Waals surface area contributed by atoms with E-state index in [0.717, 1.165) is 19.5 Å². The molecule has 0 radical (unpaired) electrons. The van der Waals surface area contributed by atoms with Crippen LogP contribution in [-0.4, -0.2) is 37.2 Å². The highest BCUT2D eigenvalue weighted by Gasteiger charge is 2.23. The second-order valence-electron chi connectivity index (χ2n) is 5.62. The van der Waals surface area contributed by atoms with Crippen molar-refractivity contribution in [3.05, 3.63) is 0 Å². The quantitative estimate of drug-likeness (QED) is 0.755. The molecular weight excluding hydrogens is 204 g/mol. The van der Waals surface area contributed by atoms with Crippen LogP contribution < -0.4 is 10.6 Å². The Labute approximate surface area is 98.1 Å². The van der Waals surface area contributed by atoms with Crippen LogP contribution >= 0.6 is 0 Å². The number of hydrogen-bond acceptors (Lipinski definition) is 3. The standard InChI is InChI=1S/C12H24N2O2/c1-9-5-6-13-7-10(9)16-8-11(15)14-12(2,3)4/h9-10,13H,5-8H2,1-4H3,(H,14,15). The van der Waals surface area contributed by atoms with E-state index in [0.29, 0.717) is 5.92 Å². The summed E-state index contributed by atoms with van der Waals surface area (Å²) in [6.07, 6.45) is 1.28. The van der Waals surface area contributed by atoms with Crippen LogP contribution in [0.1, 0.15) is 34.1 Å². The first-order valence-corrected chi connectivity index (χ1v) is 6.02. The molecule has 1 aliphatic heterocycles. The summed E-state index contributed by atoms with van der Waals surface area (Å²) in [7, 11) is 0. The fourth-order valence-corrected chi connectivity index (χ4v) is 1.82. The zero-order valence-electron chi connectivity index (χ0n) is 10.8. The van der Waals surface area contributed by atoms with Gasteiger partial charge in [-0.15, -0.1) is 0 Å². The van der Waals surface area contributed by atoms with Crippen LogP contribution in [0.15, 0.2) is 0 Å². The van der Waals surface area contributed by atoms with Crippen molar-refractivity contribution in [1.29, 1.82) is 0 Å². The van der Waals surface area contributed by atoms with Gasteiger partial charge >= 0.3 is 0 Å². The molecule has 0 aromatic carbocycles. The van der Waals surface area contributed by atoms with Gasteiger partial charge in [-0.25, -0.2) is 0 Å². The maximum atomic E-state index is 11.6. The van der Waals surface area contributed by atoms with E-state index in [-0.39, 0.29) is 24.2 Å². The van der Waals surface area contributed by atoms with Gasteiger partial charge in [0.25, 0.3) is 0 Å². The molecule has 94 valence electrons. The first-order chi connectivity index (χ1) is 7.38. The zero-order valence-corrected chi connectivity index (χ0v) is 10.8. The van der Waals surface area contributed by atoms with Crippen LogP contribution in [0.3, 0.4) is 0 Å². The number of ether oxygens (including phenoxy) is 1. The first-order valence-electron chi connectivity index (χ1n) is 6.02. The first kappa shape index (κ1) is 13.5. The fourth-order valence-electron chi connectivity index (χ4n) is 1.82. The molecule has 4 nitrogen and oxygen atoms in total. The Balaban J connectivity index is 2.25. The van der Waals surface area contributed by atoms with Crippen molar-refractivity contribution in [1.82, 2.24) is 10.6 Å². The Morgan fingerprint density at radius 2 is 2.19 bits per heavy atom. The van der Waals surface area contributed by atoms with Crippen LogP contribution in [0.5, 0.6) is 0 Å². The van der Waals surface area contributed by atoms with Crippen LogP contribution in [0.4, 0.5) is 0 Å². The van der Waals surface area contributed by atoms with Gasteiger partial charge in [0.1, 0.15) is 6.61 Å². The fraction of sp³-hybridized carbons (Fsp3) is 0.917. The van der Waals surface area contributed by atoms with Crippen molar-refractivity contribution in [3.63, 3.8) is 0 Å². The largest absolute Gasteiger partial charge is 0.367 e. The molecule has 0 saturated carbocycles. The average Bonchev–Trinajstić information content (AvgIpc) is 2.14. The molecule has 4 heteroatoms. The predicted molar refractivity (Wildman–Crippen MR) is 64.3 cm³/mol. The molecule has 2 unspecified atom stereocenters. The number of carbonyl (C=O) groups excluding carboxylic acids is 1. The van der Waals surface area contributed by atoms with Crippen molar-refractivity contribution >= 4 is 5.91 Å². The summed E-state index contributed by atoms with van der Waals surface area (Å²) in [6, 6.07) is 0. The normalized spacial score (nSPS) is 26.5. The van der Waals surface area contributed by atoms with Crippen molar-refractivity contribution < 1.29 is 9.53 Å². The van der Waals surface area contributed by atoms with Gasteiger partial charge in [0.2, 0.25) is 5.91 Å². The molecule has 1 aliphatic rings. The minimum Gasteiger partial charge on any atom is -0.367 e. The second-order valence-corrected chi connectivity index (χ2v) is 5.62. The van der Waals surface area contributed by atoms with E-state index in [1.807, 2.05) is 20.8 Å². The molecule has 0 aromatic heterocycles. The maximum absolute atomic E-state index is 11.6. The number of piperidine rings is 1. The third kappa shape index (κ3) is 4.94. The Bertz CT molecular complexity index is 236. The number of rotatable bonds is 3. The van der Waals surface area contributed by atoms with E-state index in [2.05, 4.69) is 17.6 Å². The summed E-state index contributed by atoms with van der Waals surface area (Å²) in [5.41, 5.74) is -0.184. The summed E-state index contributed by atoms with van der Waals surface area (Å²) >= 11 is 0. The SMILES string of the molecule is CC1CCNCC1OCC(=O)NC(C)(C)C. The highest BCUT2D eigenvalue weighted by atomic mass is 16.5. The van der Waals surface area contributed by atoms with Crippen LogP contribution in [0, 0.1) is 5.92 Å².